The van der Waals surface area contributed by atoms with E-state index >= 15 is 0 Å². The zero-order chi connectivity index (χ0) is 14.6. The van der Waals surface area contributed by atoms with E-state index in [4.69, 9.17) is 5.26 Å². The van der Waals surface area contributed by atoms with Crippen LogP contribution in [-0.4, -0.2) is 13.0 Å². The predicted octanol–water partition coefficient (Wildman–Crippen LogP) is 3.00. The van der Waals surface area contributed by atoms with Crippen LogP contribution in [0.4, 0.5) is 5.69 Å². The van der Waals surface area contributed by atoms with Crippen molar-refractivity contribution < 1.29 is 4.79 Å². The van der Waals surface area contributed by atoms with Crippen LogP contribution < -0.4 is 4.90 Å². The monoisotopic (exact) mass is 267 g/mol. The summed E-state index contributed by atoms with van der Waals surface area (Å²) in [6.07, 6.45) is 4.19. The van der Waals surface area contributed by atoms with E-state index in [1.807, 2.05) is 0 Å². The van der Waals surface area contributed by atoms with Gasteiger partial charge in [0.2, 0.25) is 5.91 Å². The van der Waals surface area contributed by atoms with Crippen LogP contribution in [0.2, 0.25) is 0 Å². The van der Waals surface area contributed by atoms with Gasteiger partial charge in [-0.15, -0.1) is 0 Å². The molecule has 2 rings (SSSR count). The molecule has 0 aliphatic heterocycles. The number of hydrogen-bond donors (Lipinski definition) is 0. The minimum Gasteiger partial charge on any atom is -0.314 e. The van der Waals surface area contributed by atoms with Crippen molar-refractivity contribution in [3.05, 3.63) is 29.8 Å². The van der Waals surface area contributed by atoms with Gasteiger partial charge in [-0.1, -0.05) is 25.3 Å². The third-order valence-corrected chi connectivity index (χ3v) is 4.00. The summed E-state index contributed by atoms with van der Waals surface area (Å²) >= 11 is 0. The Morgan fingerprint density at radius 1 is 1.25 bits per heavy atom. The second-order valence-electron chi connectivity index (χ2n) is 5.28. The van der Waals surface area contributed by atoms with E-state index in [0.29, 0.717) is 24.1 Å². The predicted molar refractivity (Wildman–Crippen MR) is 75.7 cm³/mol. The number of nitrogens with zero attached hydrogens (tertiary/aromatic N) is 3. The molecule has 20 heavy (non-hydrogen) atoms. The molecule has 0 heterocycles. The molecule has 1 aliphatic carbocycles. The third-order valence-electron chi connectivity index (χ3n) is 4.00. The summed E-state index contributed by atoms with van der Waals surface area (Å²) in [6, 6.07) is 11.2. The normalized spacial score (nSPS) is 16.8. The highest BCUT2D eigenvalue weighted by Gasteiger charge is 2.41. The van der Waals surface area contributed by atoms with Crippen molar-refractivity contribution in [3.63, 3.8) is 0 Å². The fourth-order valence-corrected chi connectivity index (χ4v) is 2.75. The molecule has 1 saturated carbocycles. The molecule has 0 N–H and O–H groups in total. The van der Waals surface area contributed by atoms with Crippen molar-refractivity contribution in [1.29, 1.82) is 10.5 Å². The topological polar surface area (TPSA) is 67.9 Å². The quantitative estimate of drug-likeness (QED) is 0.827. The molecule has 4 heteroatoms. The van der Waals surface area contributed by atoms with Gasteiger partial charge in [0.05, 0.1) is 17.7 Å². The number of hydrogen-bond acceptors (Lipinski definition) is 3. The highest BCUT2D eigenvalue weighted by atomic mass is 16.2. The zero-order valence-corrected chi connectivity index (χ0v) is 11.6. The van der Waals surface area contributed by atoms with Crippen LogP contribution in [0.15, 0.2) is 24.3 Å². The first-order valence-electron chi connectivity index (χ1n) is 6.82. The maximum atomic E-state index is 12.7. The third kappa shape index (κ3) is 2.51. The van der Waals surface area contributed by atoms with Crippen molar-refractivity contribution in [2.45, 2.75) is 32.1 Å². The molecule has 0 bridgehead atoms. The average molecular weight is 267 g/mol. The van der Waals surface area contributed by atoms with Gasteiger partial charge in [-0.2, -0.15) is 10.5 Å². The van der Waals surface area contributed by atoms with Gasteiger partial charge in [0.1, 0.15) is 5.41 Å². The first-order valence-corrected chi connectivity index (χ1v) is 6.82. The summed E-state index contributed by atoms with van der Waals surface area (Å²) in [6.45, 7) is 0. The smallest absolute Gasteiger partial charge is 0.247 e. The Labute approximate surface area is 119 Å². The van der Waals surface area contributed by atoms with E-state index in [9.17, 15) is 10.1 Å². The molecule has 1 aromatic rings. The van der Waals surface area contributed by atoms with E-state index in [2.05, 4.69) is 12.1 Å². The molecule has 0 unspecified atom stereocenters. The van der Waals surface area contributed by atoms with E-state index in [-0.39, 0.29) is 5.91 Å². The SMILES string of the molecule is CN(C(=O)C1(C#N)CCCCC1)c1cccc(C#N)c1. The second-order valence-corrected chi connectivity index (χ2v) is 5.28. The summed E-state index contributed by atoms with van der Waals surface area (Å²) in [5.74, 6) is -0.158. The van der Waals surface area contributed by atoms with Gasteiger partial charge in [0, 0.05) is 12.7 Å². The van der Waals surface area contributed by atoms with Gasteiger partial charge in [-0.3, -0.25) is 4.79 Å². The molecule has 0 radical (unpaired) electrons. The van der Waals surface area contributed by atoms with Crippen LogP contribution in [0.25, 0.3) is 0 Å². The van der Waals surface area contributed by atoms with Gasteiger partial charge < -0.3 is 4.90 Å². The van der Waals surface area contributed by atoms with Crippen LogP contribution >= 0.6 is 0 Å². The summed E-state index contributed by atoms with van der Waals surface area (Å²) in [5.41, 5.74) is 0.279. The zero-order valence-electron chi connectivity index (χ0n) is 11.6. The molecule has 0 atom stereocenters. The number of anilines is 1. The van der Waals surface area contributed by atoms with Crippen molar-refractivity contribution >= 4 is 11.6 Å². The second kappa shape index (κ2) is 5.75. The molecule has 0 aromatic heterocycles. The fraction of sp³-hybridized carbons (Fsp3) is 0.438. The van der Waals surface area contributed by atoms with Crippen molar-refractivity contribution in [1.82, 2.24) is 0 Å². The lowest BCUT2D eigenvalue weighted by atomic mass is 9.74. The van der Waals surface area contributed by atoms with Gasteiger partial charge in [-0.05, 0) is 31.0 Å². The fourth-order valence-electron chi connectivity index (χ4n) is 2.75. The molecule has 1 fully saturated rings. The van der Waals surface area contributed by atoms with E-state index < -0.39 is 5.41 Å². The first kappa shape index (κ1) is 14.1. The molecule has 1 amide bonds. The molecule has 102 valence electrons. The lowest BCUT2D eigenvalue weighted by Gasteiger charge is -2.33. The molecule has 1 aromatic carbocycles. The van der Waals surface area contributed by atoms with Crippen molar-refractivity contribution in [2.75, 3.05) is 11.9 Å². The molecule has 1 aliphatic rings. The Morgan fingerprint density at radius 3 is 2.55 bits per heavy atom. The van der Waals surface area contributed by atoms with Crippen LogP contribution in [0.3, 0.4) is 0 Å². The Morgan fingerprint density at radius 2 is 1.95 bits per heavy atom. The number of carbonyl (C=O) groups is 1. The Kier molecular flexibility index (Phi) is 4.05. The summed E-state index contributed by atoms with van der Waals surface area (Å²) in [5, 5.41) is 18.4. The summed E-state index contributed by atoms with van der Waals surface area (Å²) in [4.78, 5) is 14.2. The Hall–Kier alpha value is -2.33. The number of benzene rings is 1. The highest BCUT2D eigenvalue weighted by Crippen LogP contribution is 2.38. The summed E-state index contributed by atoms with van der Waals surface area (Å²) in [7, 11) is 1.67. The Balaban J connectivity index is 2.27. The lowest BCUT2D eigenvalue weighted by Crippen LogP contribution is -2.42. The molecular formula is C16H17N3O. The number of amides is 1. The van der Waals surface area contributed by atoms with Gasteiger partial charge >= 0.3 is 0 Å². The largest absolute Gasteiger partial charge is 0.314 e. The van der Waals surface area contributed by atoms with E-state index in [1.54, 1.807) is 31.3 Å². The lowest BCUT2D eigenvalue weighted by molar-refractivity contribution is -0.126. The minimum absolute atomic E-state index is 0.158. The van der Waals surface area contributed by atoms with Crippen LogP contribution in [0.5, 0.6) is 0 Å². The number of carbonyl (C=O) groups excluding carboxylic acids is 1. The summed E-state index contributed by atoms with van der Waals surface area (Å²) < 4.78 is 0. The average Bonchev–Trinajstić information content (AvgIpc) is 2.54. The highest BCUT2D eigenvalue weighted by molar-refractivity contribution is 5.99. The number of nitriles is 2. The Bertz CT molecular complexity index is 588. The van der Waals surface area contributed by atoms with Crippen LogP contribution in [0.1, 0.15) is 37.7 Å². The van der Waals surface area contributed by atoms with Crippen LogP contribution in [-0.2, 0) is 4.79 Å². The van der Waals surface area contributed by atoms with Gasteiger partial charge in [-0.25, -0.2) is 0 Å². The van der Waals surface area contributed by atoms with Gasteiger partial charge in [0.25, 0.3) is 0 Å². The maximum absolute atomic E-state index is 12.7. The first-order chi connectivity index (χ1) is 9.63. The minimum atomic E-state index is -0.893. The van der Waals surface area contributed by atoms with Crippen molar-refractivity contribution in [2.24, 2.45) is 5.41 Å². The van der Waals surface area contributed by atoms with E-state index in [1.165, 1.54) is 4.90 Å². The van der Waals surface area contributed by atoms with Gasteiger partial charge in [0.15, 0.2) is 0 Å². The molecule has 4 nitrogen and oxygen atoms in total. The van der Waals surface area contributed by atoms with Crippen molar-refractivity contribution in [3.8, 4) is 12.1 Å². The molecular weight excluding hydrogens is 250 g/mol. The van der Waals surface area contributed by atoms with Crippen LogP contribution in [0, 0.1) is 28.1 Å². The molecule has 0 spiro atoms. The maximum Gasteiger partial charge on any atom is 0.247 e. The standard InChI is InChI=1S/C16H17N3O/c1-19(14-7-5-6-13(10-14)11-17)15(20)16(12-18)8-3-2-4-9-16/h5-7,10H,2-4,8-9H2,1H3. The molecule has 0 saturated heterocycles. The number of rotatable bonds is 2. The van der Waals surface area contributed by atoms with E-state index in [0.717, 1.165) is 19.3 Å².